The van der Waals surface area contributed by atoms with Crippen LogP contribution in [0.15, 0.2) is 54.7 Å². The van der Waals surface area contributed by atoms with Crippen molar-refractivity contribution < 1.29 is 17.9 Å². The summed E-state index contributed by atoms with van der Waals surface area (Å²) < 4.78 is 34.1. The Balaban J connectivity index is 1.90. The lowest BCUT2D eigenvalue weighted by molar-refractivity contribution is -0.843. The fraction of sp³-hybridized carbons (Fsp3) is 0.333. The summed E-state index contributed by atoms with van der Waals surface area (Å²) in [6, 6.07) is 13.5. The van der Waals surface area contributed by atoms with Crippen LogP contribution in [0, 0.1) is 0 Å². The van der Waals surface area contributed by atoms with Gasteiger partial charge in [-0.2, -0.15) is 0 Å². The molecule has 0 saturated carbocycles. The normalized spacial score (nSPS) is 19.8. The van der Waals surface area contributed by atoms with Crippen molar-refractivity contribution in [3.63, 3.8) is 0 Å². The lowest BCUT2D eigenvalue weighted by Gasteiger charge is -2.27. The van der Waals surface area contributed by atoms with E-state index in [1.807, 2.05) is 54.7 Å². The fourth-order valence-electron chi connectivity index (χ4n) is 3.64. The van der Waals surface area contributed by atoms with Gasteiger partial charge in [0.1, 0.15) is 5.69 Å². The third-order valence-corrected chi connectivity index (χ3v) is 7.28. The van der Waals surface area contributed by atoms with Crippen LogP contribution in [-0.2, 0) is 10.1 Å². The number of nitrogens with zero attached hydrogens (tertiary/aromatic N) is 1. The van der Waals surface area contributed by atoms with Crippen LogP contribution in [0.4, 0.5) is 17.1 Å². The molecule has 0 aliphatic carbocycles. The Morgan fingerprint density at radius 2 is 1.90 bits per heavy atom. The number of nitrogens with one attached hydrogen (secondary N) is 2. The molecule has 3 atom stereocenters. The van der Waals surface area contributed by atoms with E-state index in [9.17, 15) is 13.0 Å². The first kappa shape index (κ1) is 22.9. The molecule has 30 heavy (non-hydrogen) atoms. The molecule has 3 rings (SSSR count). The zero-order valence-electron chi connectivity index (χ0n) is 16.8. The van der Waals surface area contributed by atoms with E-state index < -0.39 is 15.4 Å². The van der Waals surface area contributed by atoms with Crippen LogP contribution in [0.3, 0.4) is 0 Å². The first-order valence-corrected chi connectivity index (χ1v) is 12.0. The van der Waals surface area contributed by atoms with E-state index in [0.29, 0.717) is 16.6 Å². The zero-order valence-corrected chi connectivity index (χ0v) is 19.1. The second kappa shape index (κ2) is 9.58. The van der Waals surface area contributed by atoms with Crippen LogP contribution >= 0.6 is 23.2 Å². The van der Waals surface area contributed by atoms with Crippen molar-refractivity contribution in [3.05, 3.63) is 64.8 Å². The van der Waals surface area contributed by atoms with Crippen molar-refractivity contribution in [2.24, 2.45) is 0 Å². The Hall–Kier alpha value is -1.77. The molecule has 162 valence electrons. The Labute approximate surface area is 187 Å². The fourth-order valence-corrected chi connectivity index (χ4v) is 4.36. The number of anilines is 2. The summed E-state index contributed by atoms with van der Waals surface area (Å²) in [6.07, 6.45) is 4.03. The molecule has 3 unspecified atom stereocenters. The van der Waals surface area contributed by atoms with Crippen molar-refractivity contribution in [2.75, 3.05) is 23.3 Å². The number of para-hydroxylation sites is 1. The summed E-state index contributed by atoms with van der Waals surface area (Å²) >= 11 is 12.5. The Bertz CT molecular complexity index is 1020. The number of quaternary nitrogens is 1. The van der Waals surface area contributed by atoms with Crippen molar-refractivity contribution in [1.29, 1.82) is 0 Å². The maximum atomic E-state index is 11.4. The van der Waals surface area contributed by atoms with Gasteiger partial charge in [0.25, 0.3) is 0 Å². The Morgan fingerprint density at radius 3 is 2.53 bits per heavy atom. The number of fused-ring (bicyclic) bond motifs is 1. The highest BCUT2D eigenvalue weighted by Crippen LogP contribution is 2.37. The molecule has 1 aliphatic rings. The number of benzene rings is 2. The zero-order chi connectivity index (χ0) is 21.9. The van der Waals surface area contributed by atoms with Gasteiger partial charge in [0, 0.05) is 35.8 Å². The Morgan fingerprint density at radius 1 is 1.23 bits per heavy atom. The SMILES string of the molecule is CC[NH+]1c2cc(Cl)c(Cl)cc2N(CCC(C)S(=O)(=O)[O-])C1C=CNc1ccccc1. The summed E-state index contributed by atoms with van der Waals surface area (Å²) in [5, 5.41) is 3.20. The molecule has 2 aromatic rings. The van der Waals surface area contributed by atoms with E-state index in [1.165, 1.54) is 6.92 Å². The molecule has 0 bridgehead atoms. The first-order valence-electron chi connectivity index (χ1n) is 9.77. The standard InChI is InChI=1S/C21H25Cl2N3O3S/c1-3-25-19-13-17(22)18(23)14-20(19)26(12-10-15(2)30(27,28)29)21(25)9-11-24-16-7-5-4-6-8-16/h4-9,11,13-15,21,24H,3,10,12H2,1-2H3,(H,27,28,29). The van der Waals surface area contributed by atoms with E-state index in [1.54, 1.807) is 0 Å². The highest BCUT2D eigenvalue weighted by molar-refractivity contribution is 7.86. The molecule has 9 heteroatoms. The lowest BCUT2D eigenvalue weighted by atomic mass is 10.2. The molecule has 0 saturated heterocycles. The molecule has 0 aromatic heterocycles. The average Bonchev–Trinajstić information content (AvgIpc) is 2.98. The molecule has 1 heterocycles. The van der Waals surface area contributed by atoms with Gasteiger partial charge < -0.3 is 14.8 Å². The van der Waals surface area contributed by atoms with E-state index >= 15 is 0 Å². The minimum absolute atomic E-state index is 0.0997. The number of hydrogen-bond acceptors (Lipinski definition) is 5. The quantitative estimate of drug-likeness (QED) is 0.577. The molecule has 2 N–H and O–H groups in total. The maximum Gasteiger partial charge on any atom is 0.189 e. The second-order valence-electron chi connectivity index (χ2n) is 7.26. The van der Waals surface area contributed by atoms with Crippen LogP contribution < -0.4 is 15.1 Å². The Kier molecular flexibility index (Phi) is 7.31. The summed E-state index contributed by atoms with van der Waals surface area (Å²) in [4.78, 5) is 3.24. The van der Waals surface area contributed by atoms with Crippen LogP contribution in [0.2, 0.25) is 10.0 Å². The van der Waals surface area contributed by atoms with Crippen molar-refractivity contribution in [3.8, 4) is 0 Å². The summed E-state index contributed by atoms with van der Waals surface area (Å²) in [5.74, 6) is 0. The van der Waals surface area contributed by atoms with E-state index in [2.05, 4.69) is 17.1 Å². The van der Waals surface area contributed by atoms with Crippen LogP contribution in [0.5, 0.6) is 0 Å². The molecule has 2 aromatic carbocycles. The van der Waals surface area contributed by atoms with Crippen LogP contribution in [0.25, 0.3) is 0 Å². The molecule has 0 radical (unpaired) electrons. The monoisotopic (exact) mass is 469 g/mol. The van der Waals surface area contributed by atoms with Crippen LogP contribution in [0.1, 0.15) is 20.3 Å². The molecular weight excluding hydrogens is 445 g/mol. The third kappa shape index (κ3) is 5.10. The maximum absolute atomic E-state index is 11.4. The summed E-state index contributed by atoms with van der Waals surface area (Å²) in [7, 11) is -4.34. The lowest BCUT2D eigenvalue weighted by Crippen LogP contribution is -3.10. The first-order chi connectivity index (χ1) is 14.2. The van der Waals surface area contributed by atoms with Gasteiger partial charge in [-0.25, -0.2) is 8.42 Å². The minimum Gasteiger partial charge on any atom is -0.748 e. The van der Waals surface area contributed by atoms with Gasteiger partial charge in [-0.1, -0.05) is 41.4 Å². The van der Waals surface area contributed by atoms with Gasteiger partial charge >= 0.3 is 0 Å². The predicted molar refractivity (Wildman–Crippen MR) is 122 cm³/mol. The van der Waals surface area contributed by atoms with E-state index in [-0.39, 0.29) is 12.6 Å². The molecule has 1 aliphatic heterocycles. The van der Waals surface area contributed by atoms with Crippen molar-refractivity contribution in [2.45, 2.75) is 31.7 Å². The minimum atomic E-state index is -4.34. The van der Waals surface area contributed by atoms with E-state index in [0.717, 1.165) is 28.5 Å². The molecular formula is C21H25Cl2N3O3S. The molecule has 0 spiro atoms. The third-order valence-electron chi connectivity index (χ3n) is 5.34. The summed E-state index contributed by atoms with van der Waals surface area (Å²) in [6.45, 7) is 4.70. The second-order valence-corrected chi connectivity index (χ2v) is 9.87. The average molecular weight is 470 g/mol. The number of likely N-dealkylation sites (N-methyl/N-ethyl adjacent to an activating group) is 1. The molecule has 0 amide bonds. The van der Waals surface area contributed by atoms with Gasteiger partial charge in [-0.05, 0) is 38.5 Å². The highest BCUT2D eigenvalue weighted by atomic mass is 35.5. The van der Waals surface area contributed by atoms with Crippen molar-refractivity contribution in [1.82, 2.24) is 0 Å². The number of rotatable bonds is 8. The van der Waals surface area contributed by atoms with Gasteiger partial charge in [0.05, 0.1) is 26.7 Å². The molecule has 6 nitrogen and oxygen atoms in total. The largest absolute Gasteiger partial charge is 0.748 e. The summed E-state index contributed by atoms with van der Waals surface area (Å²) in [5.41, 5.74) is 2.86. The van der Waals surface area contributed by atoms with Gasteiger partial charge in [0.15, 0.2) is 11.9 Å². The predicted octanol–water partition coefficient (Wildman–Crippen LogP) is 3.63. The van der Waals surface area contributed by atoms with Gasteiger partial charge in [-0.15, -0.1) is 0 Å². The van der Waals surface area contributed by atoms with Crippen molar-refractivity contribution >= 4 is 50.4 Å². The number of hydrogen-bond donors (Lipinski definition) is 2. The van der Waals surface area contributed by atoms with E-state index in [4.69, 9.17) is 23.2 Å². The van der Waals surface area contributed by atoms with Gasteiger partial charge in [-0.3, -0.25) is 4.90 Å². The topological polar surface area (TPSA) is 76.9 Å². The number of halogens is 2. The van der Waals surface area contributed by atoms with Crippen LogP contribution in [-0.4, -0.2) is 37.5 Å². The van der Waals surface area contributed by atoms with Gasteiger partial charge in [0.2, 0.25) is 0 Å². The smallest absolute Gasteiger partial charge is 0.189 e. The molecule has 0 fully saturated rings. The highest BCUT2D eigenvalue weighted by Gasteiger charge is 2.39.